The number of nitrogen functional groups attached to an aromatic ring is 1. The fourth-order valence-electron chi connectivity index (χ4n) is 2.78. The van der Waals surface area contributed by atoms with Gasteiger partial charge in [0.2, 0.25) is 0 Å². The smallest absolute Gasteiger partial charge is 0.258 e. The Balaban J connectivity index is 1.67. The normalized spacial score (nSPS) is 15.2. The number of pyridine rings is 1. The lowest BCUT2D eigenvalue weighted by molar-refractivity contribution is -0.123. The number of hydrogen-bond donors (Lipinski definition) is 2. The van der Waals surface area contributed by atoms with E-state index in [0.29, 0.717) is 23.0 Å². The first-order valence-electron chi connectivity index (χ1n) is 7.29. The molecule has 1 aliphatic carbocycles. The molecular weight excluding hydrogens is 266 g/mol. The van der Waals surface area contributed by atoms with Gasteiger partial charge in [-0.25, -0.2) is 0 Å². The number of amides is 1. The van der Waals surface area contributed by atoms with Crippen LogP contribution in [0.25, 0.3) is 10.9 Å². The third-order valence-electron chi connectivity index (χ3n) is 3.84. The van der Waals surface area contributed by atoms with Crippen LogP contribution in [0.2, 0.25) is 0 Å². The summed E-state index contributed by atoms with van der Waals surface area (Å²) in [5, 5.41) is 3.83. The van der Waals surface area contributed by atoms with Crippen molar-refractivity contribution in [3.05, 3.63) is 30.5 Å². The molecule has 1 saturated carbocycles. The molecular formula is C16H19N3O2. The van der Waals surface area contributed by atoms with Gasteiger partial charge in [0.05, 0.1) is 11.2 Å². The molecule has 0 radical (unpaired) electrons. The third kappa shape index (κ3) is 3.07. The van der Waals surface area contributed by atoms with Gasteiger partial charge in [0.15, 0.2) is 6.61 Å². The molecule has 110 valence electrons. The number of carbonyl (C=O) groups excluding carboxylic acids is 1. The number of aromatic nitrogens is 1. The molecule has 2 aromatic rings. The van der Waals surface area contributed by atoms with Gasteiger partial charge in [-0.05, 0) is 37.1 Å². The first kappa shape index (κ1) is 13.7. The number of fused-ring (bicyclic) bond motifs is 1. The second kappa shape index (κ2) is 5.99. The molecule has 3 N–H and O–H groups in total. The Morgan fingerprint density at radius 1 is 1.33 bits per heavy atom. The van der Waals surface area contributed by atoms with E-state index in [2.05, 4.69) is 10.3 Å². The van der Waals surface area contributed by atoms with Crippen LogP contribution >= 0.6 is 0 Å². The topological polar surface area (TPSA) is 77.2 Å². The number of nitrogens with one attached hydrogen (secondary N) is 1. The summed E-state index contributed by atoms with van der Waals surface area (Å²) >= 11 is 0. The standard InChI is InChI=1S/C16H19N3O2/c17-13-7-8-14(12-6-3-9-18-16(12)13)21-10-15(20)19-11-4-1-2-5-11/h3,6-9,11H,1-2,4-5,10,17H2,(H,19,20). The third-order valence-corrected chi connectivity index (χ3v) is 3.84. The van der Waals surface area contributed by atoms with E-state index in [-0.39, 0.29) is 12.5 Å². The highest BCUT2D eigenvalue weighted by Gasteiger charge is 2.17. The van der Waals surface area contributed by atoms with Crippen LogP contribution in [0.4, 0.5) is 5.69 Å². The van der Waals surface area contributed by atoms with E-state index < -0.39 is 0 Å². The zero-order valence-corrected chi connectivity index (χ0v) is 11.8. The first-order valence-corrected chi connectivity index (χ1v) is 7.29. The molecule has 5 heteroatoms. The van der Waals surface area contributed by atoms with E-state index in [1.165, 1.54) is 12.8 Å². The molecule has 0 atom stereocenters. The van der Waals surface area contributed by atoms with Gasteiger partial charge in [0, 0.05) is 17.6 Å². The van der Waals surface area contributed by atoms with Crippen LogP contribution in [0, 0.1) is 0 Å². The van der Waals surface area contributed by atoms with Crippen molar-refractivity contribution in [3.8, 4) is 5.75 Å². The van der Waals surface area contributed by atoms with E-state index in [4.69, 9.17) is 10.5 Å². The van der Waals surface area contributed by atoms with Crippen LogP contribution in [0.15, 0.2) is 30.5 Å². The molecule has 0 unspecified atom stereocenters. The van der Waals surface area contributed by atoms with Crippen molar-refractivity contribution in [2.45, 2.75) is 31.7 Å². The number of benzene rings is 1. The van der Waals surface area contributed by atoms with E-state index in [9.17, 15) is 4.79 Å². The number of ether oxygens (including phenoxy) is 1. The zero-order valence-electron chi connectivity index (χ0n) is 11.8. The predicted molar refractivity (Wildman–Crippen MR) is 82.0 cm³/mol. The average molecular weight is 285 g/mol. The summed E-state index contributed by atoms with van der Waals surface area (Å²) in [6.07, 6.45) is 6.22. The van der Waals surface area contributed by atoms with E-state index in [1.54, 1.807) is 18.3 Å². The molecule has 3 rings (SSSR count). The van der Waals surface area contributed by atoms with Crippen molar-refractivity contribution in [1.29, 1.82) is 0 Å². The molecule has 1 fully saturated rings. The number of rotatable bonds is 4. The molecule has 0 spiro atoms. The first-order chi connectivity index (χ1) is 10.2. The zero-order chi connectivity index (χ0) is 14.7. The summed E-state index contributed by atoms with van der Waals surface area (Å²) in [7, 11) is 0. The Kier molecular flexibility index (Phi) is 3.90. The van der Waals surface area contributed by atoms with Crippen molar-refractivity contribution in [3.63, 3.8) is 0 Å². The summed E-state index contributed by atoms with van der Waals surface area (Å²) in [6.45, 7) is 0.0183. The number of nitrogens with zero attached hydrogens (tertiary/aromatic N) is 1. The van der Waals surface area contributed by atoms with Gasteiger partial charge in [0.25, 0.3) is 5.91 Å². The maximum absolute atomic E-state index is 11.9. The SMILES string of the molecule is Nc1ccc(OCC(=O)NC2CCCC2)c2cccnc12. The van der Waals surface area contributed by atoms with Crippen LogP contribution in [-0.4, -0.2) is 23.5 Å². The lowest BCUT2D eigenvalue weighted by atomic mass is 10.2. The number of nitrogens with two attached hydrogens (primary N) is 1. The Morgan fingerprint density at radius 2 is 2.14 bits per heavy atom. The Morgan fingerprint density at radius 3 is 2.95 bits per heavy atom. The molecule has 1 aliphatic rings. The maximum atomic E-state index is 11.9. The van der Waals surface area contributed by atoms with Crippen LogP contribution in [0.3, 0.4) is 0 Å². The number of carbonyl (C=O) groups is 1. The summed E-state index contributed by atoms with van der Waals surface area (Å²) in [5.41, 5.74) is 7.20. The summed E-state index contributed by atoms with van der Waals surface area (Å²) in [4.78, 5) is 16.1. The van der Waals surface area contributed by atoms with Gasteiger partial charge < -0.3 is 15.8 Å². The van der Waals surface area contributed by atoms with Crippen LogP contribution < -0.4 is 15.8 Å². The monoisotopic (exact) mass is 285 g/mol. The largest absolute Gasteiger partial charge is 0.483 e. The minimum Gasteiger partial charge on any atom is -0.483 e. The van der Waals surface area contributed by atoms with E-state index >= 15 is 0 Å². The van der Waals surface area contributed by atoms with Crippen molar-refractivity contribution in [1.82, 2.24) is 10.3 Å². The average Bonchev–Trinajstić information content (AvgIpc) is 3.00. The highest BCUT2D eigenvalue weighted by Crippen LogP contribution is 2.28. The van der Waals surface area contributed by atoms with Crippen LogP contribution in [0.5, 0.6) is 5.75 Å². The van der Waals surface area contributed by atoms with Gasteiger partial charge in [-0.15, -0.1) is 0 Å². The molecule has 21 heavy (non-hydrogen) atoms. The molecule has 1 aromatic heterocycles. The summed E-state index contributed by atoms with van der Waals surface area (Å²) < 4.78 is 5.64. The Hall–Kier alpha value is -2.30. The van der Waals surface area contributed by atoms with Crippen molar-refractivity contribution in [2.24, 2.45) is 0 Å². The van der Waals surface area contributed by atoms with E-state index in [1.807, 2.05) is 12.1 Å². The quantitative estimate of drug-likeness (QED) is 0.845. The van der Waals surface area contributed by atoms with Gasteiger partial charge in [-0.3, -0.25) is 9.78 Å². The maximum Gasteiger partial charge on any atom is 0.258 e. The van der Waals surface area contributed by atoms with Crippen molar-refractivity contribution >= 4 is 22.5 Å². The highest BCUT2D eigenvalue weighted by atomic mass is 16.5. The second-order valence-electron chi connectivity index (χ2n) is 5.39. The lowest BCUT2D eigenvalue weighted by Gasteiger charge is -2.13. The summed E-state index contributed by atoms with van der Waals surface area (Å²) in [6, 6.07) is 7.56. The summed E-state index contributed by atoms with van der Waals surface area (Å²) in [5.74, 6) is 0.560. The number of hydrogen-bond acceptors (Lipinski definition) is 4. The van der Waals surface area contributed by atoms with Crippen molar-refractivity contribution in [2.75, 3.05) is 12.3 Å². The molecule has 0 bridgehead atoms. The van der Waals surface area contributed by atoms with Crippen LogP contribution in [-0.2, 0) is 4.79 Å². The minimum atomic E-state index is -0.0734. The number of anilines is 1. The highest BCUT2D eigenvalue weighted by molar-refractivity contribution is 5.94. The molecule has 1 amide bonds. The molecule has 0 aliphatic heterocycles. The lowest BCUT2D eigenvalue weighted by Crippen LogP contribution is -2.36. The van der Waals surface area contributed by atoms with E-state index in [0.717, 1.165) is 18.2 Å². The second-order valence-corrected chi connectivity index (χ2v) is 5.39. The molecule has 1 heterocycles. The Bertz CT molecular complexity index is 651. The van der Waals surface area contributed by atoms with Gasteiger partial charge >= 0.3 is 0 Å². The van der Waals surface area contributed by atoms with Gasteiger partial charge in [-0.2, -0.15) is 0 Å². The Labute approximate surface area is 123 Å². The fraction of sp³-hybridized carbons (Fsp3) is 0.375. The fourth-order valence-corrected chi connectivity index (χ4v) is 2.78. The molecule has 0 saturated heterocycles. The molecule has 5 nitrogen and oxygen atoms in total. The predicted octanol–water partition coefficient (Wildman–Crippen LogP) is 2.25. The van der Waals surface area contributed by atoms with Gasteiger partial charge in [0.1, 0.15) is 5.75 Å². The minimum absolute atomic E-state index is 0.0183. The molecule has 1 aromatic carbocycles. The van der Waals surface area contributed by atoms with Gasteiger partial charge in [-0.1, -0.05) is 12.8 Å². The van der Waals surface area contributed by atoms with Crippen molar-refractivity contribution < 1.29 is 9.53 Å². The van der Waals surface area contributed by atoms with Crippen LogP contribution in [0.1, 0.15) is 25.7 Å².